The number of carbonyl (C=O) groups excluding carboxylic acids is 1. The first-order chi connectivity index (χ1) is 16.1. The Morgan fingerprint density at radius 1 is 0.909 bits per heavy atom. The maximum atomic E-state index is 13.5. The number of hydrogen-bond donors (Lipinski definition) is 1. The van der Waals surface area contributed by atoms with Crippen molar-refractivity contribution >= 4 is 45.0 Å². The van der Waals surface area contributed by atoms with Crippen molar-refractivity contribution in [3.05, 3.63) is 107 Å². The van der Waals surface area contributed by atoms with E-state index in [0.29, 0.717) is 27.4 Å². The molecule has 7 heteroatoms. The summed E-state index contributed by atoms with van der Waals surface area (Å²) >= 11 is 1.15. The van der Waals surface area contributed by atoms with Crippen molar-refractivity contribution in [2.24, 2.45) is 0 Å². The second-order valence-electron chi connectivity index (χ2n) is 7.43. The summed E-state index contributed by atoms with van der Waals surface area (Å²) in [4.78, 5) is 30.5. The van der Waals surface area contributed by atoms with E-state index in [1.807, 2.05) is 42.5 Å². The van der Waals surface area contributed by atoms with Gasteiger partial charge in [0.15, 0.2) is 5.16 Å². The molecule has 0 fully saturated rings. The third-order valence-corrected chi connectivity index (χ3v) is 6.13. The first-order valence-corrected chi connectivity index (χ1v) is 11.3. The molecule has 0 saturated heterocycles. The summed E-state index contributed by atoms with van der Waals surface area (Å²) < 4.78 is 14.9. The molecule has 5 nitrogen and oxygen atoms in total. The molecule has 1 heterocycles. The highest BCUT2D eigenvalue weighted by molar-refractivity contribution is 7.99. The molecule has 0 saturated carbocycles. The van der Waals surface area contributed by atoms with Crippen molar-refractivity contribution in [2.75, 3.05) is 11.1 Å². The smallest absolute Gasteiger partial charge is 0.266 e. The Morgan fingerprint density at radius 3 is 2.45 bits per heavy atom. The summed E-state index contributed by atoms with van der Waals surface area (Å²) in [6.07, 6.45) is 0. The summed E-state index contributed by atoms with van der Waals surface area (Å²) in [7, 11) is 0. The predicted octanol–water partition coefficient (Wildman–Crippen LogP) is 5.41. The fraction of sp³-hybridized carbons (Fsp3) is 0.0385. The van der Waals surface area contributed by atoms with Crippen LogP contribution in [0.15, 0.2) is 101 Å². The van der Waals surface area contributed by atoms with Gasteiger partial charge >= 0.3 is 0 Å². The number of nitrogens with zero attached hydrogens (tertiary/aromatic N) is 2. The first kappa shape index (κ1) is 20.9. The van der Waals surface area contributed by atoms with Crippen molar-refractivity contribution in [2.45, 2.75) is 5.16 Å². The highest BCUT2D eigenvalue weighted by Crippen LogP contribution is 2.23. The minimum atomic E-state index is -0.399. The van der Waals surface area contributed by atoms with Crippen molar-refractivity contribution in [1.82, 2.24) is 9.55 Å². The Balaban J connectivity index is 1.43. The summed E-state index contributed by atoms with van der Waals surface area (Å²) in [6, 6.07) is 26.3. The van der Waals surface area contributed by atoms with Crippen LogP contribution < -0.4 is 10.9 Å². The molecule has 0 unspecified atom stereocenters. The Kier molecular flexibility index (Phi) is 5.62. The summed E-state index contributed by atoms with van der Waals surface area (Å²) in [5, 5.41) is 5.83. The number of rotatable bonds is 5. The second-order valence-corrected chi connectivity index (χ2v) is 8.37. The van der Waals surface area contributed by atoms with Gasteiger partial charge in [-0.15, -0.1) is 0 Å². The topological polar surface area (TPSA) is 64.0 Å². The highest BCUT2D eigenvalue weighted by Gasteiger charge is 2.15. The Morgan fingerprint density at radius 2 is 1.64 bits per heavy atom. The molecular formula is C26H18FN3O2S. The third-order valence-electron chi connectivity index (χ3n) is 5.20. The maximum Gasteiger partial charge on any atom is 0.266 e. The molecule has 1 amide bonds. The van der Waals surface area contributed by atoms with Gasteiger partial charge in [-0.1, -0.05) is 54.2 Å². The molecule has 0 aliphatic rings. The predicted molar refractivity (Wildman–Crippen MR) is 131 cm³/mol. The van der Waals surface area contributed by atoms with Crippen LogP contribution in [-0.2, 0) is 4.79 Å². The molecule has 1 aromatic heterocycles. The minimum Gasteiger partial charge on any atom is -0.325 e. The van der Waals surface area contributed by atoms with Crippen LogP contribution in [-0.4, -0.2) is 21.2 Å². The number of para-hydroxylation sites is 1. The quantitative estimate of drug-likeness (QED) is 0.284. The fourth-order valence-electron chi connectivity index (χ4n) is 3.62. The van der Waals surface area contributed by atoms with E-state index in [9.17, 15) is 14.0 Å². The normalized spacial score (nSPS) is 11.1. The van der Waals surface area contributed by atoms with Gasteiger partial charge in [0.1, 0.15) is 5.82 Å². The molecule has 0 aliphatic heterocycles. The van der Waals surface area contributed by atoms with Gasteiger partial charge in [0.05, 0.1) is 22.3 Å². The number of thioether (sulfide) groups is 1. The molecule has 0 bridgehead atoms. The Bertz CT molecular complexity index is 1550. The molecule has 4 aromatic carbocycles. The Hall–Kier alpha value is -3.97. The van der Waals surface area contributed by atoms with Gasteiger partial charge in [0, 0.05) is 5.69 Å². The molecule has 0 spiro atoms. The van der Waals surface area contributed by atoms with Crippen molar-refractivity contribution in [3.8, 4) is 5.69 Å². The zero-order valence-corrected chi connectivity index (χ0v) is 18.2. The number of hydrogen-bond acceptors (Lipinski definition) is 4. The minimum absolute atomic E-state index is 0.0544. The van der Waals surface area contributed by atoms with Gasteiger partial charge in [-0.05, 0) is 59.3 Å². The summed E-state index contributed by atoms with van der Waals surface area (Å²) in [5.74, 6) is -0.563. The number of anilines is 1. The monoisotopic (exact) mass is 455 g/mol. The van der Waals surface area contributed by atoms with Crippen LogP contribution in [0.5, 0.6) is 0 Å². The van der Waals surface area contributed by atoms with E-state index in [2.05, 4.69) is 10.3 Å². The van der Waals surface area contributed by atoms with Crippen LogP contribution >= 0.6 is 11.8 Å². The van der Waals surface area contributed by atoms with Crippen LogP contribution in [0.25, 0.3) is 27.4 Å². The van der Waals surface area contributed by atoms with Crippen LogP contribution in [0.1, 0.15) is 0 Å². The van der Waals surface area contributed by atoms with Crippen LogP contribution in [0.3, 0.4) is 0 Å². The third kappa shape index (κ3) is 4.36. The van der Waals surface area contributed by atoms with E-state index >= 15 is 0 Å². The number of aromatic nitrogens is 2. The second kappa shape index (κ2) is 8.88. The SMILES string of the molecule is O=C(CSc1nc2ccccc2c(=O)n1-c1ccc(F)cc1)Nc1ccc2ccccc2c1. The average Bonchev–Trinajstić information content (AvgIpc) is 2.84. The molecule has 5 rings (SSSR count). The lowest BCUT2D eigenvalue weighted by Crippen LogP contribution is -2.23. The zero-order valence-electron chi connectivity index (χ0n) is 17.4. The van der Waals surface area contributed by atoms with Gasteiger partial charge in [-0.3, -0.25) is 14.2 Å². The van der Waals surface area contributed by atoms with Gasteiger partial charge < -0.3 is 5.32 Å². The maximum absolute atomic E-state index is 13.5. The van der Waals surface area contributed by atoms with Gasteiger partial charge in [0.2, 0.25) is 5.91 Å². The number of carbonyl (C=O) groups is 1. The van der Waals surface area contributed by atoms with Crippen LogP contribution in [0.2, 0.25) is 0 Å². The molecule has 162 valence electrons. The van der Waals surface area contributed by atoms with E-state index in [1.165, 1.54) is 28.8 Å². The van der Waals surface area contributed by atoms with Gasteiger partial charge in [0.25, 0.3) is 5.56 Å². The first-order valence-electron chi connectivity index (χ1n) is 10.3. The number of amides is 1. The molecule has 5 aromatic rings. The van der Waals surface area contributed by atoms with Crippen molar-refractivity contribution in [1.29, 1.82) is 0 Å². The molecule has 0 radical (unpaired) electrons. The van der Waals surface area contributed by atoms with Crippen LogP contribution in [0.4, 0.5) is 10.1 Å². The summed E-state index contributed by atoms with van der Waals surface area (Å²) in [5.41, 5.74) is 1.45. The lowest BCUT2D eigenvalue weighted by atomic mass is 10.1. The number of benzene rings is 4. The Labute approximate surface area is 192 Å². The van der Waals surface area contributed by atoms with Gasteiger partial charge in [-0.2, -0.15) is 0 Å². The number of halogens is 1. The van der Waals surface area contributed by atoms with E-state index in [-0.39, 0.29) is 17.2 Å². The summed E-state index contributed by atoms with van der Waals surface area (Å²) in [6.45, 7) is 0. The van der Waals surface area contributed by atoms with Crippen molar-refractivity contribution < 1.29 is 9.18 Å². The zero-order chi connectivity index (χ0) is 22.8. The van der Waals surface area contributed by atoms with E-state index in [1.54, 1.807) is 24.3 Å². The van der Waals surface area contributed by atoms with E-state index < -0.39 is 5.82 Å². The standard InChI is InChI=1S/C26H18FN3O2S/c27-19-10-13-21(14-11-19)30-25(32)22-7-3-4-8-23(22)29-26(30)33-16-24(31)28-20-12-9-17-5-1-2-6-18(17)15-20/h1-15H,16H2,(H,28,31). The lowest BCUT2D eigenvalue weighted by molar-refractivity contribution is -0.113. The molecule has 33 heavy (non-hydrogen) atoms. The van der Waals surface area contributed by atoms with Gasteiger partial charge in [-0.25, -0.2) is 9.37 Å². The average molecular weight is 456 g/mol. The molecule has 0 atom stereocenters. The number of fused-ring (bicyclic) bond motifs is 2. The molecule has 1 N–H and O–H groups in total. The number of nitrogens with one attached hydrogen (secondary N) is 1. The fourth-order valence-corrected chi connectivity index (χ4v) is 4.43. The van der Waals surface area contributed by atoms with E-state index in [0.717, 1.165) is 22.5 Å². The van der Waals surface area contributed by atoms with E-state index in [4.69, 9.17) is 0 Å². The van der Waals surface area contributed by atoms with Crippen LogP contribution in [0, 0.1) is 5.82 Å². The van der Waals surface area contributed by atoms with Crippen molar-refractivity contribution in [3.63, 3.8) is 0 Å². The highest BCUT2D eigenvalue weighted by atomic mass is 32.2. The molecular weight excluding hydrogens is 437 g/mol. The lowest BCUT2D eigenvalue weighted by Gasteiger charge is -2.13. The molecule has 0 aliphatic carbocycles. The largest absolute Gasteiger partial charge is 0.325 e.